The third kappa shape index (κ3) is 2.81. The molecule has 0 fully saturated rings. The van der Waals surface area contributed by atoms with Crippen LogP contribution in [0.4, 0.5) is 11.5 Å². The minimum Gasteiger partial charge on any atom is -0.384 e. The first kappa shape index (κ1) is 12.9. The molecule has 0 aliphatic carbocycles. The van der Waals surface area contributed by atoms with E-state index in [1.54, 1.807) is 12.1 Å². The molecule has 0 bridgehead atoms. The van der Waals surface area contributed by atoms with Gasteiger partial charge < -0.3 is 5.73 Å². The summed E-state index contributed by atoms with van der Waals surface area (Å²) in [5, 5.41) is 8.92. The van der Waals surface area contributed by atoms with Gasteiger partial charge in [0.15, 0.2) is 0 Å². The molecule has 1 aromatic carbocycles. The average Bonchev–Trinajstić information content (AvgIpc) is 2.39. The van der Waals surface area contributed by atoms with Gasteiger partial charge in [-0.15, -0.1) is 0 Å². The van der Waals surface area contributed by atoms with Crippen LogP contribution >= 0.6 is 0 Å². The Morgan fingerprint density at radius 1 is 1.26 bits per heavy atom. The quantitative estimate of drug-likeness (QED) is 0.877. The zero-order valence-corrected chi connectivity index (χ0v) is 10.6. The van der Waals surface area contributed by atoms with Crippen molar-refractivity contribution in [2.24, 2.45) is 0 Å². The van der Waals surface area contributed by atoms with Crippen molar-refractivity contribution >= 4 is 21.5 Å². The lowest BCUT2D eigenvalue weighted by Crippen LogP contribution is -2.14. The molecule has 0 aliphatic rings. The van der Waals surface area contributed by atoms with Gasteiger partial charge in [-0.05, 0) is 18.2 Å². The van der Waals surface area contributed by atoms with E-state index in [-0.39, 0.29) is 22.0 Å². The molecule has 2 rings (SSSR count). The van der Waals surface area contributed by atoms with E-state index in [9.17, 15) is 8.42 Å². The highest BCUT2D eigenvalue weighted by Crippen LogP contribution is 2.19. The van der Waals surface area contributed by atoms with Crippen LogP contribution in [-0.2, 0) is 10.0 Å². The molecule has 7 heteroatoms. The number of nitrogen functional groups attached to an aromatic ring is 1. The Balaban J connectivity index is 2.40. The fourth-order valence-corrected chi connectivity index (χ4v) is 2.57. The number of aromatic nitrogens is 1. The fourth-order valence-electron chi connectivity index (χ4n) is 1.47. The molecule has 0 saturated carbocycles. The van der Waals surface area contributed by atoms with E-state index < -0.39 is 10.0 Å². The number of para-hydroxylation sites is 1. The van der Waals surface area contributed by atoms with E-state index in [1.165, 1.54) is 30.5 Å². The van der Waals surface area contributed by atoms with Crippen molar-refractivity contribution in [2.75, 3.05) is 10.5 Å². The zero-order valence-electron chi connectivity index (χ0n) is 9.74. The summed E-state index contributed by atoms with van der Waals surface area (Å²) in [6.07, 6.45) is 1.31. The van der Waals surface area contributed by atoms with Gasteiger partial charge in [0.05, 0.1) is 16.1 Å². The fraction of sp³-hybridized carbons (Fsp3) is 0. The summed E-state index contributed by atoms with van der Waals surface area (Å²) in [6, 6.07) is 10.8. The largest absolute Gasteiger partial charge is 0.384 e. The van der Waals surface area contributed by atoms with Crippen LogP contribution in [0.2, 0.25) is 0 Å². The SMILES string of the molecule is N#Cc1ccccc1NS(=O)(=O)c1ccnc(N)c1. The first-order valence-corrected chi connectivity index (χ1v) is 6.75. The molecule has 0 radical (unpaired) electrons. The second kappa shape index (κ2) is 4.96. The van der Waals surface area contributed by atoms with Crippen molar-refractivity contribution in [2.45, 2.75) is 4.90 Å². The Kier molecular flexibility index (Phi) is 3.35. The molecule has 0 aliphatic heterocycles. The van der Waals surface area contributed by atoms with E-state index >= 15 is 0 Å². The number of benzene rings is 1. The Morgan fingerprint density at radius 2 is 2.00 bits per heavy atom. The van der Waals surface area contributed by atoms with Crippen molar-refractivity contribution < 1.29 is 8.42 Å². The highest BCUT2D eigenvalue weighted by molar-refractivity contribution is 7.92. The van der Waals surface area contributed by atoms with Crippen LogP contribution < -0.4 is 10.5 Å². The van der Waals surface area contributed by atoms with Crippen LogP contribution in [0, 0.1) is 11.3 Å². The van der Waals surface area contributed by atoms with E-state index in [2.05, 4.69) is 9.71 Å². The van der Waals surface area contributed by atoms with E-state index in [1.807, 2.05) is 6.07 Å². The second-order valence-electron chi connectivity index (χ2n) is 3.68. The lowest BCUT2D eigenvalue weighted by Gasteiger charge is -2.09. The number of hydrogen-bond acceptors (Lipinski definition) is 5. The topological polar surface area (TPSA) is 109 Å². The summed E-state index contributed by atoms with van der Waals surface area (Å²) >= 11 is 0. The molecule has 2 aromatic rings. The number of hydrogen-bond donors (Lipinski definition) is 2. The van der Waals surface area contributed by atoms with Crippen LogP contribution in [0.5, 0.6) is 0 Å². The summed E-state index contributed by atoms with van der Waals surface area (Å²) in [5.41, 5.74) is 5.92. The van der Waals surface area contributed by atoms with Gasteiger partial charge in [0.1, 0.15) is 11.9 Å². The minimum absolute atomic E-state index is 0.00672. The van der Waals surface area contributed by atoms with Gasteiger partial charge in [-0.3, -0.25) is 4.72 Å². The molecule has 0 amide bonds. The number of sulfonamides is 1. The van der Waals surface area contributed by atoms with Gasteiger partial charge in [0.25, 0.3) is 10.0 Å². The van der Waals surface area contributed by atoms with Crippen molar-refractivity contribution in [3.05, 3.63) is 48.2 Å². The number of pyridine rings is 1. The zero-order chi connectivity index (χ0) is 13.9. The monoisotopic (exact) mass is 274 g/mol. The Labute approximate surface area is 110 Å². The van der Waals surface area contributed by atoms with Crippen molar-refractivity contribution in [1.82, 2.24) is 4.98 Å². The lowest BCUT2D eigenvalue weighted by atomic mass is 10.2. The summed E-state index contributed by atoms with van der Waals surface area (Å²) in [6.45, 7) is 0. The number of nitrogens with zero attached hydrogens (tertiary/aromatic N) is 2. The molecule has 0 atom stereocenters. The maximum atomic E-state index is 12.1. The third-order valence-electron chi connectivity index (χ3n) is 2.35. The Bertz CT molecular complexity index is 750. The summed E-state index contributed by atoms with van der Waals surface area (Å²) in [7, 11) is -3.79. The normalized spacial score (nSPS) is 10.7. The Morgan fingerprint density at radius 3 is 2.68 bits per heavy atom. The van der Waals surface area contributed by atoms with E-state index in [0.29, 0.717) is 0 Å². The standard InChI is InChI=1S/C12H10N4O2S/c13-8-9-3-1-2-4-11(9)16-19(17,18)10-5-6-15-12(14)7-10/h1-7,16H,(H2,14,15). The summed E-state index contributed by atoms with van der Waals surface area (Å²) < 4.78 is 26.6. The molecule has 0 saturated heterocycles. The number of nitrogens with two attached hydrogens (primary N) is 1. The molecule has 96 valence electrons. The Hall–Kier alpha value is -2.59. The van der Waals surface area contributed by atoms with E-state index in [0.717, 1.165) is 0 Å². The van der Waals surface area contributed by atoms with Crippen LogP contribution in [-0.4, -0.2) is 13.4 Å². The van der Waals surface area contributed by atoms with Gasteiger partial charge in [-0.1, -0.05) is 12.1 Å². The highest BCUT2D eigenvalue weighted by atomic mass is 32.2. The van der Waals surface area contributed by atoms with Gasteiger partial charge in [-0.2, -0.15) is 5.26 Å². The maximum Gasteiger partial charge on any atom is 0.262 e. The first-order chi connectivity index (χ1) is 9.03. The molecule has 19 heavy (non-hydrogen) atoms. The predicted octanol–water partition coefficient (Wildman–Crippen LogP) is 1.34. The van der Waals surface area contributed by atoms with Gasteiger partial charge in [0, 0.05) is 12.3 Å². The molecule has 3 N–H and O–H groups in total. The van der Waals surface area contributed by atoms with Gasteiger partial charge in [-0.25, -0.2) is 13.4 Å². The smallest absolute Gasteiger partial charge is 0.262 e. The number of nitriles is 1. The van der Waals surface area contributed by atoms with Crippen LogP contribution in [0.1, 0.15) is 5.56 Å². The van der Waals surface area contributed by atoms with Crippen molar-refractivity contribution in [1.29, 1.82) is 5.26 Å². The molecule has 0 spiro atoms. The maximum absolute atomic E-state index is 12.1. The molecule has 0 unspecified atom stereocenters. The number of anilines is 2. The summed E-state index contributed by atoms with van der Waals surface area (Å²) in [4.78, 5) is 3.72. The molecule has 1 heterocycles. The lowest BCUT2D eigenvalue weighted by molar-refractivity contribution is 0.601. The van der Waals surface area contributed by atoms with Crippen LogP contribution in [0.15, 0.2) is 47.5 Å². The average molecular weight is 274 g/mol. The van der Waals surface area contributed by atoms with Gasteiger partial charge >= 0.3 is 0 Å². The van der Waals surface area contributed by atoms with Crippen molar-refractivity contribution in [3.8, 4) is 6.07 Å². The highest BCUT2D eigenvalue weighted by Gasteiger charge is 2.16. The van der Waals surface area contributed by atoms with E-state index in [4.69, 9.17) is 11.0 Å². The third-order valence-corrected chi connectivity index (χ3v) is 3.72. The second-order valence-corrected chi connectivity index (χ2v) is 5.36. The number of rotatable bonds is 3. The van der Waals surface area contributed by atoms with Crippen LogP contribution in [0.3, 0.4) is 0 Å². The predicted molar refractivity (Wildman–Crippen MR) is 70.6 cm³/mol. The molecule has 1 aromatic heterocycles. The molecular weight excluding hydrogens is 264 g/mol. The van der Waals surface area contributed by atoms with Crippen molar-refractivity contribution in [3.63, 3.8) is 0 Å². The van der Waals surface area contributed by atoms with Crippen LogP contribution in [0.25, 0.3) is 0 Å². The molecular formula is C12H10N4O2S. The molecule has 6 nitrogen and oxygen atoms in total. The minimum atomic E-state index is -3.79. The summed E-state index contributed by atoms with van der Waals surface area (Å²) in [5.74, 6) is 0.108. The number of nitrogens with one attached hydrogen (secondary N) is 1. The van der Waals surface area contributed by atoms with Gasteiger partial charge in [0.2, 0.25) is 0 Å². The first-order valence-electron chi connectivity index (χ1n) is 5.26.